The van der Waals surface area contributed by atoms with Crippen molar-refractivity contribution in [3.05, 3.63) is 70.2 Å². The van der Waals surface area contributed by atoms with Crippen molar-refractivity contribution in [2.75, 3.05) is 0 Å². The Morgan fingerprint density at radius 3 is 2.37 bits per heavy atom. The molecule has 3 atom stereocenters. The average molecular weight is 443 g/mol. The number of hydrogen-bond acceptors (Lipinski definition) is 3. The molecule has 2 aromatic rings. The Morgan fingerprint density at radius 1 is 1.11 bits per heavy atom. The normalized spacial score (nSPS) is 25.4. The number of urea groups is 1. The van der Waals surface area contributed by atoms with E-state index in [4.69, 9.17) is 0 Å². The first-order valence-corrected chi connectivity index (χ1v) is 8.65. The number of alkyl halides is 3. The van der Waals surface area contributed by atoms with Gasteiger partial charge in [-0.05, 0) is 17.7 Å². The van der Waals surface area contributed by atoms with Crippen molar-refractivity contribution in [2.45, 2.75) is 17.9 Å². The van der Waals surface area contributed by atoms with Gasteiger partial charge in [-0.1, -0.05) is 58.4 Å². The average Bonchev–Trinajstić information content (AvgIpc) is 2.60. The minimum absolute atomic E-state index is 0.0110. The zero-order valence-electron chi connectivity index (χ0n) is 13.6. The molecule has 0 aromatic heterocycles. The van der Waals surface area contributed by atoms with Gasteiger partial charge in [-0.25, -0.2) is 4.79 Å². The number of aliphatic hydroxyl groups is 1. The van der Waals surface area contributed by atoms with Gasteiger partial charge in [-0.2, -0.15) is 13.2 Å². The lowest BCUT2D eigenvalue weighted by molar-refractivity contribution is -0.287. The summed E-state index contributed by atoms with van der Waals surface area (Å²) in [6.07, 6.45) is -5.27. The second-order valence-electron chi connectivity index (χ2n) is 6.10. The topological polar surface area (TPSA) is 78.4 Å². The van der Waals surface area contributed by atoms with Gasteiger partial charge in [0, 0.05) is 10.0 Å². The Morgan fingerprint density at radius 2 is 1.78 bits per heavy atom. The Balaban J connectivity index is 2.17. The molecular formula is C18H14BrF3N2O3. The van der Waals surface area contributed by atoms with E-state index in [2.05, 4.69) is 21.2 Å². The van der Waals surface area contributed by atoms with Crippen LogP contribution >= 0.6 is 15.9 Å². The lowest BCUT2D eigenvalue weighted by atomic mass is 9.77. The highest BCUT2D eigenvalue weighted by Gasteiger charge is 2.66. The SMILES string of the molecule is O=C1N[C@H](c2cccc(Br)c2)[C@@H](C(=O)c2ccccc2)[C@](O)(C(F)(F)F)N1. The van der Waals surface area contributed by atoms with Crippen molar-refractivity contribution >= 4 is 27.7 Å². The fourth-order valence-corrected chi connectivity index (χ4v) is 3.52. The summed E-state index contributed by atoms with van der Waals surface area (Å²) >= 11 is 3.22. The number of nitrogens with one attached hydrogen (secondary N) is 2. The number of carbonyl (C=O) groups excluding carboxylic acids is 2. The van der Waals surface area contributed by atoms with Gasteiger partial charge >= 0.3 is 12.2 Å². The van der Waals surface area contributed by atoms with Gasteiger partial charge < -0.3 is 15.7 Å². The number of ketones is 1. The number of halogens is 4. The molecule has 0 unspecified atom stereocenters. The first kappa shape index (κ1) is 19.4. The summed E-state index contributed by atoms with van der Waals surface area (Å²) in [5, 5.41) is 14.3. The molecule has 0 bridgehead atoms. The standard InChI is InChI=1S/C18H14BrF3N2O3/c19-12-8-4-7-11(9-12)14-13(15(25)10-5-2-1-3-6-10)17(27,18(20,21)22)24-16(26)23-14/h1-9,13-14,27H,(H2,23,24,26)/t13-,14+,17-/m0/s1. The van der Waals surface area contributed by atoms with Gasteiger partial charge in [0.2, 0.25) is 5.72 Å². The highest BCUT2D eigenvalue weighted by atomic mass is 79.9. The van der Waals surface area contributed by atoms with Crippen LogP contribution in [-0.2, 0) is 0 Å². The van der Waals surface area contributed by atoms with Crippen LogP contribution in [-0.4, -0.2) is 28.8 Å². The third-order valence-electron chi connectivity index (χ3n) is 4.35. The van der Waals surface area contributed by atoms with Gasteiger partial charge in [0.15, 0.2) is 5.78 Å². The quantitative estimate of drug-likeness (QED) is 0.636. The molecule has 1 saturated heterocycles. The predicted molar refractivity (Wildman–Crippen MR) is 93.8 cm³/mol. The molecule has 3 N–H and O–H groups in total. The van der Waals surface area contributed by atoms with Crippen molar-refractivity contribution in [3.63, 3.8) is 0 Å². The number of Topliss-reactive ketones (excluding diaryl/α,β-unsaturated/α-hetero) is 1. The molecule has 1 aliphatic rings. The van der Waals surface area contributed by atoms with Crippen LogP contribution in [0.2, 0.25) is 0 Å². The van der Waals surface area contributed by atoms with E-state index in [1.54, 1.807) is 18.2 Å². The van der Waals surface area contributed by atoms with Crippen LogP contribution in [0.25, 0.3) is 0 Å². The molecule has 1 heterocycles. The molecule has 0 spiro atoms. The summed E-state index contributed by atoms with van der Waals surface area (Å²) in [5.41, 5.74) is -3.49. The molecule has 0 radical (unpaired) electrons. The van der Waals surface area contributed by atoms with Gasteiger partial charge in [-0.3, -0.25) is 4.79 Å². The summed E-state index contributed by atoms with van der Waals surface area (Å²) in [6.45, 7) is 0. The van der Waals surface area contributed by atoms with Crippen LogP contribution in [0.3, 0.4) is 0 Å². The second kappa shape index (κ2) is 6.97. The molecule has 0 aliphatic carbocycles. The van der Waals surface area contributed by atoms with Crippen molar-refractivity contribution < 1.29 is 27.9 Å². The van der Waals surface area contributed by atoms with Crippen molar-refractivity contribution in [3.8, 4) is 0 Å². The number of carbonyl (C=O) groups is 2. The number of benzene rings is 2. The van der Waals surface area contributed by atoms with E-state index in [1.807, 2.05) is 0 Å². The Bertz CT molecular complexity index is 876. The maximum atomic E-state index is 13.7. The van der Waals surface area contributed by atoms with Gasteiger partial charge in [-0.15, -0.1) is 0 Å². The van der Waals surface area contributed by atoms with E-state index in [-0.39, 0.29) is 11.1 Å². The van der Waals surface area contributed by atoms with Crippen LogP contribution < -0.4 is 10.6 Å². The molecule has 5 nitrogen and oxygen atoms in total. The highest BCUT2D eigenvalue weighted by molar-refractivity contribution is 9.10. The van der Waals surface area contributed by atoms with E-state index in [9.17, 15) is 27.9 Å². The zero-order valence-corrected chi connectivity index (χ0v) is 15.2. The number of hydrogen-bond donors (Lipinski definition) is 3. The van der Waals surface area contributed by atoms with E-state index < -0.39 is 35.7 Å². The maximum absolute atomic E-state index is 13.7. The first-order chi connectivity index (χ1) is 12.6. The largest absolute Gasteiger partial charge is 0.437 e. The van der Waals surface area contributed by atoms with E-state index >= 15 is 0 Å². The molecule has 142 valence electrons. The summed E-state index contributed by atoms with van der Waals surface area (Å²) < 4.78 is 41.8. The minimum Gasteiger partial charge on any atom is -0.363 e. The van der Waals surface area contributed by atoms with Crippen LogP contribution in [0.15, 0.2) is 59.1 Å². The minimum atomic E-state index is -5.27. The monoisotopic (exact) mass is 442 g/mol. The van der Waals surface area contributed by atoms with Crippen LogP contribution in [0.5, 0.6) is 0 Å². The predicted octanol–water partition coefficient (Wildman–Crippen LogP) is 3.55. The number of amides is 2. The van der Waals surface area contributed by atoms with E-state index in [0.29, 0.717) is 4.47 Å². The fraction of sp³-hybridized carbons (Fsp3) is 0.222. The van der Waals surface area contributed by atoms with Crippen LogP contribution in [0.1, 0.15) is 22.0 Å². The third kappa shape index (κ3) is 3.57. The van der Waals surface area contributed by atoms with Gasteiger partial charge in [0.05, 0.1) is 6.04 Å². The second-order valence-corrected chi connectivity index (χ2v) is 7.02. The molecule has 2 amide bonds. The Kier molecular flexibility index (Phi) is 5.00. The first-order valence-electron chi connectivity index (χ1n) is 7.86. The molecule has 27 heavy (non-hydrogen) atoms. The fourth-order valence-electron chi connectivity index (χ4n) is 3.10. The van der Waals surface area contributed by atoms with Crippen molar-refractivity contribution in [2.24, 2.45) is 5.92 Å². The van der Waals surface area contributed by atoms with Crippen LogP contribution in [0.4, 0.5) is 18.0 Å². The van der Waals surface area contributed by atoms with Crippen molar-refractivity contribution in [1.29, 1.82) is 0 Å². The molecule has 2 aromatic carbocycles. The van der Waals surface area contributed by atoms with Crippen LogP contribution in [0, 0.1) is 5.92 Å². The summed E-state index contributed by atoms with van der Waals surface area (Å²) in [5.74, 6) is -2.99. The Hall–Kier alpha value is -2.39. The maximum Gasteiger partial charge on any atom is 0.437 e. The lowest BCUT2D eigenvalue weighted by Crippen LogP contribution is -2.72. The zero-order chi connectivity index (χ0) is 19.8. The molecule has 1 aliphatic heterocycles. The van der Waals surface area contributed by atoms with Gasteiger partial charge in [0.1, 0.15) is 5.92 Å². The lowest BCUT2D eigenvalue weighted by Gasteiger charge is -2.45. The summed E-state index contributed by atoms with van der Waals surface area (Å²) in [7, 11) is 0. The smallest absolute Gasteiger partial charge is 0.363 e. The highest BCUT2D eigenvalue weighted by Crippen LogP contribution is 2.44. The summed E-state index contributed by atoms with van der Waals surface area (Å²) in [4.78, 5) is 24.9. The Labute approximate surface area is 160 Å². The third-order valence-corrected chi connectivity index (χ3v) is 4.85. The molecule has 0 saturated carbocycles. The molecule has 3 rings (SSSR count). The van der Waals surface area contributed by atoms with Gasteiger partial charge in [0.25, 0.3) is 0 Å². The van der Waals surface area contributed by atoms with E-state index in [1.165, 1.54) is 41.7 Å². The molecule has 1 fully saturated rings. The molecule has 9 heteroatoms. The molecular weight excluding hydrogens is 429 g/mol. The number of rotatable bonds is 3. The van der Waals surface area contributed by atoms with E-state index in [0.717, 1.165) is 0 Å². The van der Waals surface area contributed by atoms with Crippen molar-refractivity contribution in [1.82, 2.24) is 10.6 Å². The summed E-state index contributed by atoms with van der Waals surface area (Å²) in [6, 6.07) is 10.9.